The SMILES string of the molecule is C/C=C/c1ccc(OC)cc1.C=CCc1ccc(O)c(OC)c1.CC(=O)OCc1ccccc1.CC(C)=C1CCC(C)CC1=O.CC1=CCC(C(C)(C)O)CC1.Cc1cc(C(C)C)ccc1O.Cc1ccc(C(C)C)c(O)c1.OC/C=C/c1ccccc1.OCCc1ccccc1.OCc1ccccc1. The van der Waals surface area contributed by atoms with E-state index in [0.29, 0.717) is 53.3 Å². The summed E-state index contributed by atoms with van der Waals surface area (Å²) in [5.41, 5.74) is 14.2. The maximum Gasteiger partial charge on any atom is 0.302 e. The smallest absolute Gasteiger partial charge is 0.302 e. The topological polar surface area (TPSA) is 203 Å². The van der Waals surface area contributed by atoms with Gasteiger partial charge in [-0.3, -0.25) is 9.59 Å². The molecule has 105 heavy (non-hydrogen) atoms. The number of aliphatic hydroxyl groups is 4. The largest absolute Gasteiger partial charge is 0.508 e. The summed E-state index contributed by atoms with van der Waals surface area (Å²) in [7, 11) is 3.21. The molecule has 2 unspecified atom stereocenters. The molecule has 12 nitrogen and oxygen atoms in total. The van der Waals surface area contributed by atoms with Gasteiger partial charge in [-0.05, 0) is 222 Å². The van der Waals surface area contributed by atoms with E-state index in [1.807, 2.05) is 243 Å². The molecule has 0 spiro atoms. The van der Waals surface area contributed by atoms with Gasteiger partial charge in [0.2, 0.25) is 0 Å². The normalized spacial score (nSPS) is 13.3. The van der Waals surface area contributed by atoms with Gasteiger partial charge in [0.05, 0.1) is 33.0 Å². The molecule has 0 radical (unpaired) electrons. The Morgan fingerprint density at radius 1 is 0.619 bits per heavy atom. The van der Waals surface area contributed by atoms with Crippen molar-refractivity contribution in [2.24, 2.45) is 11.8 Å². The van der Waals surface area contributed by atoms with Crippen LogP contribution in [0.15, 0.2) is 248 Å². The van der Waals surface area contributed by atoms with Crippen molar-refractivity contribution in [1.82, 2.24) is 0 Å². The van der Waals surface area contributed by atoms with Crippen molar-refractivity contribution >= 4 is 23.9 Å². The molecule has 8 aromatic carbocycles. The van der Waals surface area contributed by atoms with Gasteiger partial charge in [0, 0.05) is 20.0 Å². The number of hydrogen-bond donors (Lipinski definition) is 7. The van der Waals surface area contributed by atoms with Crippen LogP contribution < -0.4 is 9.47 Å². The fourth-order valence-electron chi connectivity index (χ4n) is 10.2. The van der Waals surface area contributed by atoms with Crippen LogP contribution >= 0.6 is 0 Å². The number of hydrogen-bond acceptors (Lipinski definition) is 12. The number of ether oxygens (including phenoxy) is 3. The highest BCUT2D eigenvalue weighted by atomic mass is 16.5. The number of carbonyl (C=O) groups excluding carboxylic acids is 2. The second-order valence-corrected chi connectivity index (χ2v) is 27.0. The minimum atomic E-state index is -0.489. The van der Waals surface area contributed by atoms with Crippen LogP contribution in [0.25, 0.3) is 12.2 Å². The first-order chi connectivity index (χ1) is 50.0. The molecular weight excluding hydrogens is 1310 g/mol. The Labute approximate surface area is 630 Å². The highest BCUT2D eigenvalue weighted by Gasteiger charge is 2.27. The number of aryl methyl sites for hydroxylation is 2. The third kappa shape index (κ3) is 43.4. The molecule has 10 rings (SSSR count). The first-order valence-electron chi connectivity index (χ1n) is 36.3. The third-order valence-electron chi connectivity index (χ3n) is 16.6. The molecule has 0 aromatic heterocycles. The van der Waals surface area contributed by atoms with E-state index in [4.69, 9.17) is 29.5 Å². The van der Waals surface area contributed by atoms with Crippen molar-refractivity contribution in [3.63, 3.8) is 0 Å². The van der Waals surface area contributed by atoms with E-state index in [1.54, 1.807) is 37.5 Å². The van der Waals surface area contributed by atoms with Crippen LogP contribution in [0.3, 0.4) is 0 Å². The van der Waals surface area contributed by atoms with Crippen molar-refractivity contribution in [3.05, 3.63) is 303 Å². The number of phenols is 3. The first kappa shape index (κ1) is 93.5. The molecule has 1 fully saturated rings. The third-order valence-corrected chi connectivity index (χ3v) is 16.6. The summed E-state index contributed by atoms with van der Waals surface area (Å²) in [4.78, 5) is 21.8. The van der Waals surface area contributed by atoms with Crippen LogP contribution in [0.4, 0.5) is 0 Å². The number of aromatic hydroxyl groups is 3. The second-order valence-electron chi connectivity index (χ2n) is 27.0. The molecule has 0 heterocycles. The molecule has 2 atom stereocenters. The number of aliphatic hydroxyl groups excluding tert-OH is 3. The van der Waals surface area contributed by atoms with Crippen LogP contribution in [-0.2, 0) is 40.4 Å². The van der Waals surface area contributed by atoms with Crippen LogP contribution in [0.1, 0.15) is 189 Å². The summed E-state index contributed by atoms with van der Waals surface area (Å²) < 4.78 is 14.8. The number of Topliss-reactive ketones (excluding diaryl/α,β-unsaturated/α-hetero) is 1. The molecule has 568 valence electrons. The zero-order valence-corrected chi connectivity index (χ0v) is 65.7. The van der Waals surface area contributed by atoms with Crippen LogP contribution in [0, 0.1) is 25.7 Å². The Kier molecular flexibility index (Phi) is 49.0. The highest BCUT2D eigenvalue weighted by Crippen LogP contribution is 2.32. The van der Waals surface area contributed by atoms with Gasteiger partial charge in [-0.2, -0.15) is 0 Å². The van der Waals surface area contributed by atoms with Crippen molar-refractivity contribution < 1.29 is 59.5 Å². The van der Waals surface area contributed by atoms with Gasteiger partial charge in [0.15, 0.2) is 17.3 Å². The van der Waals surface area contributed by atoms with Crippen molar-refractivity contribution in [2.75, 3.05) is 27.4 Å². The van der Waals surface area contributed by atoms with Gasteiger partial charge in [-0.1, -0.05) is 246 Å². The second kappa shape index (κ2) is 55.0. The van der Waals surface area contributed by atoms with E-state index in [0.717, 1.165) is 95.2 Å². The van der Waals surface area contributed by atoms with E-state index in [2.05, 4.69) is 60.3 Å². The Balaban J connectivity index is 0.000000584. The fourth-order valence-corrected chi connectivity index (χ4v) is 10.2. The molecule has 0 aliphatic heterocycles. The average molecular weight is 1430 g/mol. The van der Waals surface area contributed by atoms with E-state index in [-0.39, 0.29) is 31.5 Å². The summed E-state index contributed by atoms with van der Waals surface area (Å²) in [6, 6.07) is 63.7. The molecule has 0 saturated heterocycles. The fraction of sp³-hybridized carbons (Fsp3) is 0.355. The van der Waals surface area contributed by atoms with Crippen molar-refractivity contribution in [1.29, 1.82) is 0 Å². The summed E-state index contributed by atoms with van der Waals surface area (Å²) in [5.74, 6) is 4.52. The van der Waals surface area contributed by atoms with Crippen LogP contribution in [-0.4, -0.2) is 80.5 Å². The lowest BCUT2D eigenvalue weighted by molar-refractivity contribution is -0.142. The summed E-state index contributed by atoms with van der Waals surface area (Å²) >= 11 is 0. The monoisotopic (exact) mass is 1430 g/mol. The predicted octanol–water partition coefficient (Wildman–Crippen LogP) is 21.6. The number of rotatable bonds is 15. The van der Waals surface area contributed by atoms with E-state index < -0.39 is 5.60 Å². The zero-order valence-electron chi connectivity index (χ0n) is 65.7. The lowest BCUT2D eigenvalue weighted by Gasteiger charge is -2.31. The van der Waals surface area contributed by atoms with Gasteiger partial charge in [-0.25, -0.2) is 0 Å². The first-order valence-corrected chi connectivity index (χ1v) is 36.3. The molecule has 2 aliphatic rings. The highest BCUT2D eigenvalue weighted by molar-refractivity contribution is 5.96. The molecule has 1 saturated carbocycles. The number of carbonyl (C=O) groups is 2. The van der Waals surface area contributed by atoms with Crippen molar-refractivity contribution in [3.8, 4) is 28.7 Å². The molecule has 8 aromatic rings. The van der Waals surface area contributed by atoms with Gasteiger partial charge in [0.25, 0.3) is 0 Å². The standard InChI is InChI=1S/C10H12O2.C10H18O.C10H14O.C10H16O.C10H14O.C10H12O.C9H10O2.C9H10O.C8H10O.C7H8O/c1-3-4-8-5-6-9(11)10(7-8)12-2;1-8-4-6-9(7-5-8)10(2,3)11;1-7(2)9-4-5-10(11)8(3)6-9;2*1-7(2)9-5-4-8(3)6-10(9)11;1-3-4-9-5-7-10(11-2)8-6-9;1-8(10)11-7-9-5-3-2-4-6-9;10-8-4-7-9-5-2-1-3-6-9;9-7-6-8-4-2-1-3-5-8;8-6-7-4-2-1-3-5-7/h3,5-7,11H,1,4H2,2H3;4,9,11H,5-7H2,1-3H3;4-7,11H,1-3H3;8H,4-6H2,1-3H3;4-7,11H,1-3H3;3-8H,1-2H3;2-6H,7H2,1H3;1-7,10H,8H2;1-5,9H,6-7H2;1-5,8H,6H2/b;;;;;4-3+;;7-4+;;. The number of benzene rings is 8. The van der Waals surface area contributed by atoms with Crippen LogP contribution in [0.5, 0.6) is 28.7 Å². The van der Waals surface area contributed by atoms with Crippen LogP contribution in [0.2, 0.25) is 0 Å². The summed E-state index contributed by atoms with van der Waals surface area (Å²) in [5, 5.41) is 63.1. The Morgan fingerprint density at radius 2 is 1.18 bits per heavy atom. The summed E-state index contributed by atoms with van der Waals surface area (Å²) in [6.45, 7) is 32.4. The molecule has 7 N–H and O–H groups in total. The Morgan fingerprint density at radius 3 is 1.62 bits per heavy atom. The molecule has 2 aliphatic carbocycles. The zero-order chi connectivity index (χ0) is 78.5. The van der Waals surface area contributed by atoms with Crippen molar-refractivity contribution in [2.45, 2.75) is 179 Å². The number of methoxy groups -OCH3 is 2. The maximum atomic E-state index is 11.4. The number of ketones is 1. The van der Waals surface area contributed by atoms with E-state index >= 15 is 0 Å². The maximum absolute atomic E-state index is 11.4. The predicted molar refractivity (Wildman–Crippen MR) is 438 cm³/mol. The number of phenolic OH excluding ortho intramolecular Hbond substituents is 3. The average Bonchev–Trinajstić information content (AvgIpc) is 0.912. The van der Waals surface area contributed by atoms with Gasteiger partial charge < -0.3 is 50.0 Å². The summed E-state index contributed by atoms with van der Waals surface area (Å²) in [6.07, 6.45) is 19.6. The number of allylic oxidation sites excluding steroid dienone is 6. The Bertz CT molecular complexity index is 3750. The minimum Gasteiger partial charge on any atom is -0.508 e. The molecular formula is C93H124O12. The van der Waals surface area contributed by atoms with Gasteiger partial charge in [-0.15, -0.1) is 6.58 Å². The minimum absolute atomic E-state index is 0.106. The number of esters is 1. The van der Waals surface area contributed by atoms with Gasteiger partial charge in [0.1, 0.15) is 23.9 Å². The Hall–Kier alpha value is -9.56. The lowest BCUT2D eigenvalue weighted by Crippen LogP contribution is -2.31. The van der Waals surface area contributed by atoms with E-state index in [9.17, 15) is 30.0 Å². The van der Waals surface area contributed by atoms with E-state index in [1.165, 1.54) is 48.3 Å². The quantitative estimate of drug-likeness (QED) is 0.0291. The molecule has 12 heteroatoms. The molecule has 0 amide bonds. The lowest BCUT2D eigenvalue weighted by atomic mass is 9.80. The van der Waals surface area contributed by atoms with Gasteiger partial charge >= 0.3 is 5.97 Å². The molecule has 0 bridgehead atoms.